The van der Waals surface area contributed by atoms with E-state index in [1.807, 2.05) is 0 Å². The van der Waals surface area contributed by atoms with Crippen LogP contribution in [0.1, 0.15) is 59.3 Å². The molecule has 100 valence electrons. The average molecular weight is 240 g/mol. The van der Waals surface area contributed by atoms with Gasteiger partial charge in [-0.2, -0.15) is 0 Å². The Morgan fingerprint density at radius 3 is 2.47 bits per heavy atom. The van der Waals surface area contributed by atoms with Crippen molar-refractivity contribution in [3.63, 3.8) is 0 Å². The maximum absolute atomic E-state index is 11.7. The van der Waals surface area contributed by atoms with Gasteiger partial charge in [-0.1, -0.05) is 26.7 Å². The number of hydrogen-bond donors (Lipinski definition) is 2. The summed E-state index contributed by atoms with van der Waals surface area (Å²) in [6.45, 7) is 7.34. The van der Waals surface area contributed by atoms with Crippen molar-refractivity contribution in [1.29, 1.82) is 0 Å². The fraction of sp³-hybridized carbons (Fsp3) is 0.929. The van der Waals surface area contributed by atoms with Crippen LogP contribution in [0.2, 0.25) is 0 Å². The van der Waals surface area contributed by atoms with Crippen LogP contribution in [0, 0.1) is 5.92 Å². The fourth-order valence-electron chi connectivity index (χ4n) is 2.54. The van der Waals surface area contributed by atoms with E-state index in [-0.39, 0.29) is 5.91 Å². The third-order valence-corrected chi connectivity index (χ3v) is 3.63. The zero-order valence-electron chi connectivity index (χ0n) is 11.6. The van der Waals surface area contributed by atoms with Gasteiger partial charge in [0.25, 0.3) is 0 Å². The summed E-state index contributed by atoms with van der Waals surface area (Å²) in [7, 11) is 0. The van der Waals surface area contributed by atoms with Crippen molar-refractivity contribution in [2.24, 2.45) is 5.92 Å². The number of carbonyl (C=O) groups is 1. The van der Waals surface area contributed by atoms with Gasteiger partial charge in [0, 0.05) is 18.5 Å². The second kappa shape index (κ2) is 7.70. The highest BCUT2D eigenvalue weighted by atomic mass is 16.1. The molecule has 1 aliphatic carbocycles. The molecule has 1 aliphatic rings. The van der Waals surface area contributed by atoms with Crippen molar-refractivity contribution in [3.8, 4) is 0 Å². The van der Waals surface area contributed by atoms with E-state index in [4.69, 9.17) is 0 Å². The van der Waals surface area contributed by atoms with Gasteiger partial charge >= 0.3 is 0 Å². The molecule has 0 heterocycles. The number of carbonyl (C=O) groups excluding carboxylic acids is 1. The van der Waals surface area contributed by atoms with Crippen LogP contribution >= 0.6 is 0 Å². The Morgan fingerprint density at radius 2 is 1.88 bits per heavy atom. The number of amides is 1. The predicted octanol–water partition coefficient (Wildman–Crippen LogP) is 2.46. The van der Waals surface area contributed by atoms with Crippen LogP contribution in [0.15, 0.2) is 0 Å². The van der Waals surface area contributed by atoms with Gasteiger partial charge in [0.2, 0.25) is 5.91 Å². The minimum Gasteiger partial charge on any atom is -0.353 e. The molecule has 3 nitrogen and oxygen atoms in total. The highest BCUT2D eigenvalue weighted by molar-refractivity contribution is 5.76. The lowest BCUT2D eigenvalue weighted by Gasteiger charge is -2.20. The minimum atomic E-state index is 0.218. The molecule has 1 rings (SSSR count). The lowest BCUT2D eigenvalue weighted by molar-refractivity contribution is -0.122. The van der Waals surface area contributed by atoms with Crippen molar-refractivity contribution in [1.82, 2.24) is 10.6 Å². The van der Waals surface area contributed by atoms with E-state index < -0.39 is 0 Å². The monoisotopic (exact) mass is 240 g/mol. The van der Waals surface area contributed by atoms with Crippen molar-refractivity contribution < 1.29 is 4.79 Å². The first-order valence-corrected chi connectivity index (χ1v) is 7.12. The normalized spacial score (nSPS) is 18.6. The highest BCUT2D eigenvalue weighted by Crippen LogP contribution is 2.27. The summed E-state index contributed by atoms with van der Waals surface area (Å²) >= 11 is 0. The summed E-state index contributed by atoms with van der Waals surface area (Å²) in [5, 5.41) is 6.47. The van der Waals surface area contributed by atoms with Crippen LogP contribution in [0.25, 0.3) is 0 Å². The second-order valence-electron chi connectivity index (χ2n) is 5.61. The van der Waals surface area contributed by atoms with Crippen LogP contribution in [-0.4, -0.2) is 24.5 Å². The molecule has 3 heteroatoms. The summed E-state index contributed by atoms with van der Waals surface area (Å²) in [4.78, 5) is 11.7. The summed E-state index contributed by atoms with van der Waals surface area (Å²) in [5.74, 6) is 0.933. The molecule has 0 aromatic rings. The molecule has 0 bridgehead atoms. The Bertz CT molecular complexity index is 222. The van der Waals surface area contributed by atoms with Gasteiger partial charge in [-0.3, -0.25) is 4.79 Å². The van der Waals surface area contributed by atoms with Crippen molar-refractivity contribution >= 4 is 5.91 Å². The van der Waals surface area contributed by atoms with Crippen LogP contribution < -0.4 is 10.6 Å². The SMILES string of the molecule is CC(C)NCCCC(=O)N[C@H](C)C1CCCC1. The van der Waals surface area contributed by atoms with E-state index in [0.29, 0.717) is 24.4 Å². The lowest BCUT2D eigenvalue weighted by Crippen LogP contribution is -2.37. The molecule has 1 atom stereocenters. The molecule has 0 aliphatic heterocycles. The molecule has 17 heavy (non-hydrogen) atoms. The molecule has 0 unspecified atom stereocenters. The third-order valence-electron chi connectivity index (χ3n) is 3.63. The number of hydrogen-bond acceptors (Lipinski definition) is 2. The molecular formula is C14H28N2O. The molecule has 0 radical (unpaired) electrons. The van der Waals surface area contributed by atoms with E-state index in [0.717, 1.165) is 13.0 Å². The molecule has 2 N–H and O–H groups in total. The summed E-state index contributed by atoms with van der Waals surface area (Å²) < 4.78 is 0. The van der Waals surface area contributed by atoms with Crippen molar-refractivity contribution in [2.45, 2.75) is 71.4 Å². The largest absolute Gasteiger partial charge is 0.353 e. The summed E-state index contributed by atoms with van der Waals surface area (Å²) in [6.07, 6.45) is 6.83. The maximum atomic E-state index is 11.7. The zero-order chi connectivity index (χ0) is 12.7. The first-order chi connectivity index (χ1) is 8.09. The van der Waals surface area contributed by atoms with Gasteiger partial charge in [-0.25, -0.2) is 0 Å². The van der Waals surface area contributed by atoms with E-state index in [9.17, 15) is 4.79 Å². The van der Waals surface area contributed by atoms with Gasteiger partial charge in [0.15, 0.2) is 0 Å². The zero-order valence-corrected chi connectivity index (χ0v) is 11.6. The molecule has 0 saturated heterocycles. The van der Waals surface area contributed by atoms with Crippen LogP contribution in [0.5, 0.6) is 0 Å². The first kappa shape index (κ1) is 14.5. The van der Waals surface area contributed by atoms with E-state index in [1.54, 1.807) is 0 Å². The van der Waals surface area contributed by atoms with Crippen LogP contribution in [0.4, 0.5) is 0 Å². The topological polar surface area (TPSA) is 41.1 Å². The fourth-order valence-corrected chi connectivity index (χ4v) is 2.54. The van der Waals surface area contributed by atoms with Gasteiger partial charge in [0.05, 0.1) is 0 Å². The van der Waals surface area contributed by atoms with Gasteiger partial charge < -0.3 is 10.6 Å². The Labute approximate surface area is 106 Å². The van der Waals surface area contributed by atoms with Gasteiger partial charge in [-0.15, -0.1) is 0 Å². The van der Waals surface area contributed by atoms with E-state index >= 15 is 0 Å². The number of rotatable bonds is 7. The number of nitrogens with one attached hydrogen (secondary N) is 2. The van der Waals surface area contributed by atoms with Crippen LogP contribution in [-0.2, 0) is 4.79 Å². The molecule has 0 spiro atoms. The van der Waals surface area contributed by atoms with Crippen molar-refractivity contribution in [2.75, 3.05) is 6.54 Å². The van der Waals surface area contributed by atoms with Crippen molar-refractivity contribution in [3.05, 3.63) is 0 Å². The Kier molecular flexibility index (Phi) is 6.56. The molecule has 1 amide bonds. The Hall–Kier alpha value is -0.570. The third kappa shape index (κ3) is 6.06. The van der Waals surface area contributed by atoms with Gasteiger partial charge in [0.1, 0.15) is 0 Å². The standard InChI is InChI=1S/C14H28N2O/c1-11(2)15-10-6-9-14(17)16-12(3)13-7-4-5-8-13/h11-13,15H,4-10H2,1-3H3,(H,16,17)/t12-/m1/s1. The summed E-state index contributed by atoms with van der Waals surface area (Å²) in [5.41, 5.74) is 0. The lowest BCUT2D eigenvalue weighted by atomic mass is 10.00. The average Bonchev–Trinajstić information content (AvgIpc) is 2.77. The van der Waals surface area contributed by atoms with Gasteiger partial charge in [-0.05, 0) is 38.6 Å². The molecule has 1 saturated carbocycles. The van der Waals surface area contributed by atoms with E-state index in [2.05, 4.69) is 31.4 Å². The van der Waals surface area contributed by atoms with E-state index in [1.165, 1.54) is 25.7 Å². The second-order valence-corrected chi connectivity index (χ2v) is 5.61. The molecular weight excluding hydrogens is 212 g/mol. The first-order valence-electron chi connectivity index (χ1n) is 7.12. The molecule has 0 aromatic carbocycles. The minimum absolute atomic E-state index is 0.218. The quantitative estimate of drug-likeness (QED) is 0.671. The summed E-state index contributed by atoms with van der Waals surface area (Å²) in [6, 6.07) is 0.874. The smallest absolute Gasteiger partial charge is 0.220 e. The van der Waals surface area contributed by atoms with Crippen LogP contribution in [0.3, 0.4) is 0 Å². The Balaban J connectivity index is 2.07. The molecule has 0 aromatic heterocycles. The Morgan fingerprint density at radius 1 is 1.24 bits per heavy atom. The predicted molar refractivity (Wildman–Crippen MR) is 71.9 cm³/mol. The molecule has 1 fully saturated rings. The highest BCUT2D eigenvalue weighted by Gasteiger charge is 2.22. The maximum Gasteiger partial charge on any atom is 0.220 e.